The molecule has 1 saturated carbocycles. The molecule has 0 saturated heterocycles. The van der Waals surface area contributed by atoms with Gasteiger partial charge < -0.3 is 10.6 Å². The van der Waals surface area contributed by atoms with E-state index in [2.05, 4.69) is 43.1 Å². The first-order valence-corrected chi connectivity index (χ1v) is 7.28. The number of para-hydroxylation sites is 1. The topological polar surface area (TPSA) is 29.3 Å². The summed E-state index contributed by atoms with van der Waals surface area (Å²) in [5.74, 6) is 0.876. The van der Waals surface area contributed by atoms with Crippen molar-refractivity contribution < 1.29 is 0 Å². The van der Waals surface area contributed by atoms with Crippen molar-refractivity contribution in [1.29, 1.82) is 0 Å². The molecule has 2 rings (SSSR count). The summed E-state index contributed by atoms with van der Waals surface area (Å²) in [6.07, 6.45) is 6.61. The van der Waals surface area contributed by atoms with E-state index in [-0.39, 0.29) is 6.04 Å². The summed E-state index contributed by atoms with van der Waals surface area (Å²) in [6.45, 7) is 3.33. The van der Waals surface area contributed by atoms with Crippen molar-refractivity contribution in [2.24, 2.45) is 11.7 Å². The van der Waals surface area contributed by atoms with Crippen LogP contribution in [0.5, 0.6) is 0 Å². The maximum Gasteiger partial charge on any atom is 0.0412 e. The molecule has 0 spiro atoms. The van der Waals surface area contributed by atoms with Gasteiger partial charge in [0.2, 0.25) is 0 Å². The molecule has 0 amide bonds. The monoisotopic (exact) mass is 246 g/mol. The van der Waals surface area contributed by atoms with Crippen LogP contribution in [0.3, 0.4) is 0 Å². The highest BCUT2D eigenvalue weighted by Gasteiger charge is 2.19. The van der Waals surface area contributed by atoms with Gasteiger partial charge in [-0.3, -0.25) is 0 Å². The third-order valence-corrected chi connectivity index (χ3v) is 4.19. The second-order valence-electron chi connectivity index (χ2n) is 5.60. The largest absolute Gasteiger partial charge is 0.374 e. The summed E-state index contributed by atoms with van der Waals surface area (Å²) in [7, 11) is 2.21. The van der Waals surface area contributed by atoms with Gasteiger partial charge in [-0.05, 0) is 36.8 Å². The quantitative estimate of drug-likeness (QED) is 0.858. The van der Waals surface area contributed by atoms with Gasteiger partial charge in [0.1, 0.15) is 0 Å². The molecule has 1 fully saturated rings. The third-order valence-electron chi connectivity index (χ3n) is 4.19. The molecule has 2 heteroatoms. The summed E-state index contributed by atoms with van der Waals surface area (Å²) in [5, 5.41) is 0. The molecule has 2 nitrogen and oxygen atoms in total. The van der Waals surface area contributed by atoms with Crippen LogP contribution in [0.25, 0.3) is 0 Å². The van der Waals surface area contributed by atoms with E-state index in [4.69, 9.17) is 5.73 Å². The number of nitrogens with two attached hydrogens (primary N) is 1. The lowest BCUT2D eigenvalue weighted by atomic mass is 10.0. The number of rotatable bonds is 5. The van der Waals surface area contributed by atoms with E-state index in [9.17, 15) is 0 Å². The van der Waals surface area contributed by atoms with Crippen LogP contribution >= 0.6 is 0 Å². The van der Waals surface area contributed by atoms with E-state index < -0.39 is 0 Å². The first kappa shape index (κ1) is 13.4. The van der Waals surface area contributed by atoms with Crippen LogP contribution in [0, 0.1) is 5.92 Å². The molecule has 1 aliphatic rings. The van der Waals surface area contributed by atoms with Crippen LogP contribution in [-0.4, -0.2) is 13.6 Å². The molecule has 100 valence electrons. The first-order valence-electron chi connectivity index (χ1n) is 7.28. The van der Waals surface area contributed by atoms with E-state index in [1.807, 2.05) is 0 Å². The Morgan fingerprint density at radius 2 is 1.94 bits per heavy atom. The van der Waals surface area contributed by atoms with Gasteiger partial charge in [-0.1, -0.05) is 38.0 Å². The fourth-order valence-corrected chi connectivity index (χ4v) is 3.05. The Morgan fingerprint density at radius 1 is 1.28 bits per heavy atom. The van der Waals surface area contributed by atoms with Gasteiger partial charge in [0.25, 0.3) is 0 Å². The molecule has 18 heavy (non-hydrogen) atoms. The molecule has 0 heterocycles. The van der Waals surface area contributed by atoms with Crippen LogP contribution in [0.4, 0.5) is 5.69 Å². The summed E-state index contributed by atoms with van der Waals surface area (Å²) >= 11 is 0. The van der Waals surface area contributed by atoms with Crippen LogP contribution in [-0.2, 0) is 0 Å². The molecule has 1 aliphatic carbocycles. The fourth-order valence-electron chi connectivity index (χ4n) is 3.05. The Kier molecular flexibility index (Phi) is 4.65. The lowest BCUT2D eigenvalue weighted by Crippen LogP contribution is -2.26. The Hall–Kier alpha value is -1.02. The highest BCUT2D eigenvalue weighted by Crippen LogP contribution is 2.30. The maximum absolute atomic E-state index is 6.21. The van der Waals surface area contributed by atoms with Crippen molar-refractivity contribution in [3.8, 4) is 0 Å². The number of nitrogens with zero attached hydrogens (tertiary/aromatic N) is 1. The van der Waals surface area contributed by atoms with Gasteiger partial charge in [-0.2, -0.15) is 0 Å². The SMILES string of the molecule is CC[C@H](N)c1ccccc1N(C)CC1CCCC1. The van der Waals surface area contributed by atoms with Crippen molar-refractivity contribution in [1.82, 2.24) is 0 Å². The molecule has 0 unspecified atom stereocenters. The average Bonchev–Trinajstić information content (AvgIpc) is 2.90. The van der Waals surface area contributed by atoms with Crippen molar-refractivity contribution in [3.63, 3.8) is 0 Å². The average molecular weight is 246 g/mol. The smallest absolute Gasteiger partial charge is 0.0412 e. The predicted molar refractivity (Wildman–Crippen MR) is 78.9 cm³/mol. The molecule has 0 radical (unpaired) electrons. The molecule has 0 aliphatic heterocycles. The first-order chi connectivity index (χ1) is 8.72. The van der Waals surface area contributed by atoms with Crippen molar-refractivity contribution in [2.75, 3.05) is 18.5 Å². The Balaban J connectivity index is 2.10. The molecule has 2 N–H and O–H groups in total. The predicted octanol–water partition coefficient (Wildman–Crippen LogP) is 3.72. The van der Waals surface area contributed by atoms with E-state index in [0.29, 0.717) is 0 Å². The van der Waals surface area contributed by atoms with Gasteiger partial charge in [-0.15, -0.1) is 0 Å². The van der Waals surface area contributed by atoms with Crippen LogP contribution < -0.4 is 10.6 Å². The zero-order valence-electron chi connectivity index (χ0n) is 11.7. The second kappa shape index (κ2) is 6.24. The Labute approximate surface area is 111 Å². The zero-order chi connectivity index (χ0) is 13.0. The minimum atomic E-state index is 0.159. The summed E-state index contributed by atoms with van der Waals surface area (Å²) in [6, 6.07) is 8.76. The fraction of sp³-hybridized carbons (Fsp3) is 0.625. The molecular weight excluding hydrogens is 220 g/mol. The van der Waals surface area contributed by atoms with Gasteiger partial charge in [0.05, 0.1) is 0 Å². The Bertz CT molecular complexity index is 369. The number of hydrogen-bond donors (Lipinski definition) is 1. The van der Waals surface area contributed by atoms with Crippen molar-refractivity contribution in [2.45, 2.75) is 45.1 Å². The van der Waals surface area contributed by atoms with Gasteiger partial charge >= 0.3 is 0 Å². The Morgan fingerprint density at radius 3 is 2.61 bits per heavy atom. The number of benzene rings is 1. The van der Waals surface area contributed by atoms with E-state index in [0.717, 1.165) is 12.3 Å². The molecule has 0 aromatic heterocycles. The van der Waals surface area contributed by atoms with Gasteiger partial charge in [0, 0.05) is 25.3 Å². The highest BCUT2D eigenvalue weighted by molar-refractivity contribution is 5.54. The minimum Gasteiger partial charge on any atom is -0.374 e. The van der Waals surface area contributed by atoms with Crippen LogP contribution in [0.2, 0.25) is 0 Å². The lowest BCUT2D eigenvalue weighted by Gasteiger charge is -2.27. The summed E-state index contributed by atoms with van der Waals surface area (Å²) in [4.78, 5) is 2.40. The highest BCUT2D eigenvalue weighted by atomic mass is 15.1. The zero-order valence-corrected chi connectivity index (χ0v) is 11.7. The second-order valence-corrected chi connectivity index (χ2v) is 5.60. The lowest BCUT2D eigenvalue weighted by molar-refractivity contribution is 0.545. The van der Waals surface area contributed by atoms with Crippen molar-refractivity contribution in [3.05, 3.63) is 29.8 Å². The third kappa shape index (κ3) is 3.05. The minimum absolute atomic E-state index is 0.159. The van der Waals surface area contributed by atoms with E-state index in [1.165, 1.54) is 43.5 Å². The standard InChI is InChI=1S/C16H26N2/c1-3-15(17)14-10-6-7-11-16(14)18(2)12-13-8-4-5-9-13/h6-7,10-11,13,15H,3-5,8-9,12,17H2,1-2H3/t15-/m0/s1. The van der Waals surface area contributed by atoms with E-state index in [1.54, 1.807) is 0 Å². The van der Waals surface area contributed by atoms with Crippen LogP contribution in [0.15, 0.2) is 24.3 Å². The maximum atomic E-state index is 6.21. The van der Waals surface area contributed by atoms with Crippen molar-refractivity contribution >= 4 is 5.69 Å². The molecule has 0 bridgehead atoms. The number of anilines is 1. The molecular formula is C16H26N2. The summed E-state index contributed by atoms with van der Waals surface area (Å²) in [5.41, 5.74) is 8.82. The van der Waals surface area contributed by atoms with Gasteiger partial charge in [0.15, 0.2) is 0 Å². The molecule has 1 aromatic carbocycles. The van der Waals surface area contributed by atoms with Gasteiger partial charge in [-0.25, -0.2) is 0 Å². The summed E-state index contributed by atoms with van der Waals surface area (Å²) < 4.78 is 0. The normalized spacial score (nSPS) is 17.9. The van der Waals surface area contributed by atoms with E-state index >= 15 is 0 Å². The molecule has 1 atom stereocenters. The molecule has 1 aromatic rings. The number of hydrogen-bond acceptors (Lipinski definition) is 2. The van der Waals surface area contributed by atoms with Crippen LogP contribution in [0.1, 0.15) is 50.6 Å².